The molecule has 84 valence electrons. The molecule has 0 saturated carbocycles. The number of carboxylic acids is 1. The van der Waals surface area contributed by atoms with Crippen LogP contribution in [0.3, 0.4) is 0 Å². The molecule has 2 unspecified atom stereocenters. The molecule has 0 radical (unpaired) electrons. The number of carbonyl (C=O) groups excluding carboxylic acids is 1. The second-order valence-electron chi connectivity index (χ2n) is 4.45. The standard InChI is InChI=1S/C12H18O3/c1-8-3-5-10(11(13)7-8)9(2)4-6-12(14)15/h7,9-10H,3-6H2,1-2H3,(H,14,15). The fourth-order valence-electron chi connectivity index (χ4n) is 2.06. The highest BCUT2D eigenvalue weighted by molar-refractivity contribution is 5.93. The van der Waals surface area contributed by atoms with Gasteiger partial charge in [-0.1, -0.05) is 12.5 Å². The predicted octanol–water partition coefficient (Wildman–Crippen LogP) is 2.41. The molecule has 1 aliphatic carbocycles. The van der Waals surface area contributed by atoms with Gasteiger partial charge in [-0.05, 0) is 38.2 Å². The van der Waals surface area contributed by atoms with E-state index in [0.29, 0.717) is 6.42 Å². The normalized spacial score (nSPS) is 23.5. The molecule has 0 saturated heterocycles. The minimum Gasteiger partial charge on any atom is -0.481 e. The molecule has 0 fully saturated rings. The van der Waals surface area contributed by atoms with Gasteiger partial charge < -0.3 is 5.11 Å². The van der Waals surface area contributed by atoms with Crippen molar-refractivity contribution in [3.8, 4) is 0 Å². The van der Waals surface area contributed by atoms with Crippen LogP contribution in [-0.4, -0.2) is 16.9 Å². The molecule has 0 bridgehead atoms. The van der Waals surface area contributed by atoms with Crippen LogP contribution in [0.1, 0.15) is 39.5 Å². The topological polar surface area (TPSA) is 54.4 Å². The van der Waals surface area contributed by atoms with E-state index in [9.17, 15) is 9.59 Å². The van der Waals surface area contributed by atoms with Crippen molar-refractivity contribution in [2.24, 2.45) is 11.8 Å². The van der Waals surface area contributed by atoms with Gasteiger partial charge in [-0.15, -0.1) is 0 Å². The average molecular weight is 210 g/mol. The minimum atomic E-state index is -0.781. The summed E-state index contributed by atoms with van der Waals surface area (Å²) >= 11 is 0. The Hall–Kier alpha value is -1.12. The van der Waals surface area contributed by atoms with Gasteiger partial charge in [0.05, 0.1) is 0 Å². The molecule has 0 aromatic carbocycles. The second-order valence-corrected chi connectivity index (χ2v) is 4.45. The minimum absolute atomic E-state index is 0.0352. The molecule has 15 heavy (non-hydrogen) atoms. The molecule has 0 aromatic rings. The molecule has 1 aliphatic rings. The van der Waals surface area contributed by atoms with E-state index in [-0.39, 0.29) is 24.0 Å². The quantitative estimate of drug-likeness (QED) is 0.775. The molecule has 3 nitrogen and oxygen atoms in total. The first-order chi connectivity index (χ1) is 7.00. The molecule has 1 rings (SSSR count). The van der Waals surface area contributed by atoms with Crippen LogP contribution in [0, 0.1) is 11.8 Å². The maximum absolute atomic E-state index is 11.7. The third-order valence-corrected chi connectivity index (χ3v) is 3.10. The molecular formula is C12H18O3. The Bertz CT molecular complexity index is 291. The Kier molecular flexibility index (Phi) is 4.06. The fraction of sp³-hybridized carbons (Fsp3) is 0.667. The fourth-order valence-corrected chi connectivity index (χ4v) is 2.06. The van der Waals surface area contributed by atoms with Gasteiger partial charge in [-0.25, -0.2) is 0 Å². The maximum atomic E-state index is 11.7. The Morgan fingerprint density at radius 2 is 2.33 bits per heavy atom. The first-order valence-corrected chi connectivity index (χ1v) is 5.43. The molecule has 0 heterocycles. The summed E-state index contributed by atoms with van der Waals surface area (Å²) in [4.78, 5) is 22.1. The summed E-state index contributed by atoms with van der Waals surface area (Å²) in [5.41, 5.74) is 1.14. The molecule has 0 aliphatic heterocycles. The number of rotatable bonds is 4. The van der Waals surface area contributed by atoms with Gasteiger partial charge in [0.2, 0.25) is 0 Å². The van der Waals surface area contributed by atoms with Gasteiger partial charge >= 0.3 is 5.97 Å². The van der Waals surface area contributed by atoms with Crippen molar-refractivity contribution in [1.82, 2.24) is 0 Å². The number of aliphatic carboxylic acids is 1. The molecule has 3 heteroatoms. The highest BCUT2D eigenvalue weighted by atomic mass is 16.4. The summed E-state index contributed by atoms with van der Waals surface area (Å²) < 4.78 is 0. The van der Waals surface area contributed by atoms with Gasteiger partial charge in [-0.3, -0.25) is 9.59 Å². The zero-order valence-corrected chi connectivity index (χ0v) is 9.32. The number of carboxylic acid groups (broad SMARTS) is 1. The van der Waals surface area contributed by atoms with Crippen molar-refractivity contribution >= 4 is 11.8 Å². The molecule has 0 aromatic heterocycles. The number of allylic oxidation sites excluding steroid dienone is 2. The molecule has 0 spiro atoms. The van der Waals surface area contributed by atoms with Gasteiger partial charge in [-0.2, -0.15) is 0 Å². The molecule has 1 N–H and O–H groups in total. The lowest BCUT2D eigenvalue weighted by Crippen LogP contribution is -2.24. The van der Waals surface area contributed by atoms with Crippen LogP contribution in [-0.2, 0) is 9.59 Å². The van der Waals surface area contributed by atoms with Crippen LogP contribution in [0.5, 0.6) is 0 Å². The highest BCUT2D eigenvalue weighted by Crippen LogP contribution is 2.29. The van der Waals surface area contributed by atoms with E-state index in [1.807, 2.05) is 13.8 Å². The monoisotopic (exact) mass is 210 g/mol. The molecular weight excluding hydrogens is 192 g/mol. The van der Waals surface area contributed by atoms with Crippen LogP contribution >= 0.6 is 0 Å². The molecule has 2 atom stereocenters. The van der Waals surface area contributed by atoms with Crippen LogP contribution < -0.4 is 0 Å². The zero-order chi connectivity index (χ0) is 11.4. The average Bonchev–Trinajstić information content (AvgIpc) is 2.14. The third-order valence-electron chi connectivity index (χ3n) is 3.10. The lowest BCUT2D eigenvalue weighted by atomic mass is 9.79. The summed E-state index contributed by atoms with van der Waals surface area (Å²) in [6.07, 6.45) is 4.31. The first kappa shape index (κ1) is 12.0. The molecule has 0 amide bonds. The summed E-state index contributed by atoms with van der Waals surface area (Å²) in [5, 5.41) is 8.57. The number of ketones is 1. The summed E-state index contributed by atoms with van der Waals surface area (Å²) in [5.74, 6) is -0.389. The van der Waals surface area contributed by atoms with Gasteiger partial charge in [0.1, 0.15) is 0 Å². The Labute approximate surface area is 90.2 Å². The van der Waals surface area contributed by atoms with Crippen molar-refractivity contribution in [3.63, 3.8) is 0 Å². The lowest BCUT2D eigenvalue weighted by Gasteiger charge is -2.24. The van der Waals surface area contributed by atoms with E-state index in [0.717, 1.165) is 18.4 Å². The van der Waals surface area contributed by atoms with Crippen molar-refractivity contribution in [2.45, 2.75) is 39.5 Å². The van der Waals surface area contributed by atoms with Gasteiger partial charge in [0, 0.05) is 12.3 Å². The summed E-state index contributed by atoms with van der Waals surface area (Å²) in [7, 11) is 0. The van der Waals surface area contributed by atoms with Crippen LogP contribution in [0.15, 0.2) is 11.6 Å². The smallest absolute Gasteiger partial charge is 0.303 e. The Morgan fingerprint density at radius 3 is 2.87 bits per heavy atom. The van der Waals surface area contributed by atoms with E-state index in [1.54, 1.807) is 6.08 Å². The van der Waals surface area contributed by atoms with Crippen LogP contribution in [0.2, 0.25) is 0 Å². The number of hydrogen-bond donors (Lipinski definition) is 1. The van der Waals surface area contributed by atoms with Gasteiger partial charge in [0.25, 0.3) is 0 Å². The maximum Gasteiger partial charge on any atom is 0.303 e. The van der Waals surface area contributed by atoms with Crippen molar-refractivity contribution in [1.29, 1.82) is 0 Å². The largest absolute Gasteiger partial charge is 0.481 e. The summed E-state index contributed by atoms with van der Waals surface area (Å²) in [6, 6.07) is 0. The van der Waals surface area contributed by atoms with Crippen molar-refractivity contribution in [2.75, 3.05) is 0 Å². The number of carbonyl (C=O) groups is 2. The Balaban J connectivity index is 2.50. The van der Waals surface area contributed by atoms with Crippen LogP contribution in [0.25, 0.3) is 0 Å². The Morgan fingerprint density at radius 1 is 1.67 bits per heavy atom. The predicted molar refractivity (Wildman–Crippen MR) is 57.5 cm³/mol. The highest BCUT2D eigenvalue weighted by Gasteiger charge is 2.26. The second kappa shape index (κ2) is 5.10. The first-order valence-electron chi connectivity index (χ1n) is 5.43. The SMILES string of the molecule is CC1=CC(=O)C(C(C)CCC(=O)O)CC1. The lowest BCUT2D eigenvalue weighted by molar-refractivity contribution is -0.137. The zero-order valence-electron chi connectivity index (χ0n) is 9.32. The third kappa shape index (κ3) is 3.50. The van der Waals surface area contributed by atoms with E-state index in [1.165, 1.54) is 0 Å². The van der Waals surface area contributed by atoms with E-state index >= 15 is 0 Å². The van der Waals surface area contributed by atoms with E-state index in [4.69, 9.17) is 5.11 Å². The van der Waals surface area contributed by atoms with E-state index in [2.05, 4.69) is 0 Å². The van der Waals surface area contributed by atoms with Crippen molar-refractivity contribution < 1.29 is 14.7 Å². The van der Waals surface area contributed by atoms with Gasteiger partial charge in [0.15, 0.2) is 5.78 Å². The summed E-state index contributed by atoms with van der Waals surface area (Å²) in [6.45, 7) is 3.94. The van der Waals surface area contributed by atoms with Crippen molar-refractivity contribution in [3.05, 3.63) is 11.6 Å². The van der Waals surface area contributed by atoms with Crippen LogP contribution in [0.4, 0.5) is 0 Å². The van der Waals surface area contributed by atoms with E-state index < -0.39 is 5.97 Å². The number of hydrogen-bond acceptors (Lipinski definition) is 2.